The maximum atomic E-state index is 10.3. The average molecular weight is 844 g/mol. The van der Waals surface area contributed by atoms with Gasteiger partial charge in [-0.1, -0.05) is 90.1 Å². The van der Waals surface area contributed by atoms with Crippen LogP contribution in [-0.2, 0) is 23.7 Å². The standard InChI is InChI=1S/2C24H35NO3.2ClH/c2*1-23(2,3)19-9-13-22(14-10-19)28-17-20(26)16-25-24(4,5)15-18-7-11-21(27-6)12-8-18;;/h2*7-14,20,25-26H,15-17H2,1-6H3;2*1H/t2*20-;;/m10../s1. The topological polar surface area (TPSA) is 101 Å². The van der Waals surface area contributed by atoms with Gasteiger partial charge in [-0.25, -0.2) is 0 Å². The van der Waals surface area contributed by atoms with E-state index in [-0.39, 0.29) is 59.9 Å². The summed E-state index contributed by atoms with van der Waals surface area (Å²) >= 11 is 0. The van der Waals surface area contributed by atoms with E-state index in [0.717, 1.165) is 35.8 Å². The number of aliphatic hydroxyl groups is 2. The van der Waals surface area contributed by atoms with E-state index in [1.807, 2.05) is 48.5 Å². The van der Waals surface area contributed by atoms with Gasteiger partial charge in [-0.15, -0.1) is 24.8 Å². The molecule has 0 radical (unpaired) electrons. The molecule has 0 amide bonds. The zero-order chi connectivity index (χ0) is 41.6. The van der Waals surface area contributed by atoms with Gasteiger partial charge < -0.3 is 39.8 Å². The van der Waals surface area contributed by atoms with Gasteiger partial charge in [0.1, 0.15) is 48.4 Å². The first-order chi connectivity index (χ1) is 26.2. The van der Waals surface area contributed by atoms with Gasteiger partial charge in [0.15, 0.2) is 0 Å². The van der Waals surface area contributed by atoms with Gasteiger partial charge in [-0.3, -0.25) is 0 Å². The zero-order valence-electron chi connectivity index (χ0n) is 37.0. The second kappa shape index (κ2) is 23.9. The minimum Gasteiger partial charge on any atom is -0.497 e. The molecule has 2 atom stereocenters. The van der Waals surface area contributed by atoms with Crippen LogP contribution in [0.1, 0.15) is 91.5 Å². The van der Waals surface area contributed by atoms with Crippen LogP contribution in [0.4, 0.5) is 0 Å². The lowest BCUT2D eigenvalue weighted by Crippen LogP contribution is -2.46. The van der Waals surface area contributed by atoms with Gasteiger partial charge >= 0.3 is 0 Å². The number of aliphatic hydroxyl groups excluding tert-OH is 2. The van der Waals surface area contributed by atoms with Gasteiger partial charge in [-0.2, -0.15) is 0 Å². The highest BCUT2D eigenvalue weighted by molar-refractivity contribution is 5.85. The Labute approximate surface area is 362 Å². The lowest BCUT2D eigenvalue weighted by atomic mass is 9.87. The number of ether oxygens (including phenoxy) is 4. The average Bonchev–Trinajstić information content (AvgIpc) is 3.15. The molecule has 0 aliphatic rings. The molecule has 0 fully saturated rings. The van der Waals surface area contributed by atoms with Crippen molar-refractivity contribution in [1.82, 2.24) is 10.6 Å². The van der Waals surface area contributed by atoms with Gasteiger partial charge in [0.05, 0.1) is 14.2 Å². The fourth-order valence-corrected chi connectivity index (χ4v) is 6.03. The Balaban J connectivity index is 0.000000561. The number of nitrogens with one attached hydrogen (secondary N) is 2. The molecule has 0 aliphatic heterocycles. The van der Waals surface area contributed by atoms with Crippen LogP contribution in [0, 0.1) is 0 Å². The SMILES string of the molecule is COc1ccc(CC(C)(C)NC[C@@H](O)COc2ccc(C(C)(C)C)cc2)cc1.COc1ccc(CC(C)(C)NC[C@H](O)COc2ccc(C(C)(C)C)cc2)cc1.Cl.Cl. The zero-order valence-corrected chi connectivity index (χ0v) is 38.6. The Hall–Kier alpha value is -3.50. The maximum Gasteiger partial charge on any atom is 0.119 e. The van der Waals surface area contributed by atoms with E-state index < -0.39 is 12.2 Å². The van der Waals surface area contributed by atoms with Crippen LogP contribution in [0.25, 0.3) is 0 Å². The number of rotatable bonds is 18. The summed E-state index contributed by atoms with van der Waals surface area (Å²) in [6, 6.07) is 32.4. The minimum atomic E-state index is -0.572. The molecule has 0 unspecified atom stereocenters. The quantitative estimate of drug-likeness (QED) is 0.0787. The molecule has 0 saturated carbocycles. The van der Waals surface area contributed by atoms with E-state index in [1.54, 1.807) is 14.2 Å². The van der Waals surface area contributed by atoms with Gasteiger partial charge in [-0.05, 0) is 122 Å². The van der Waals surface area contributed by atoms with Crippen LogP contribution < -0.4 is 29.6 Å². The predicted octanol–water partition coefficient (Wildman–Crippen LogP) is 9.53. The van der Waals surface area contributed by atoms with Crippen LogP contribution >= 0.6 is 24.8 Å². The molecule has 0 saturated heterocycles. The van der Waals surface area contributed by atoms with E-state index in [9.17, 15) is 10.2 Å². The predicted molar refractivity (Wildman–Crippen MR) is 245 cm³/mol. The molecule has 0 spiro atoms. The first-order valence-electron chi connectivity index (χ1n) is 19.8. The summed E-state index contributed by atoms with van der Waals surface area (Å²) in [4.78, 5) is 0. The van der Waals surface area contributed by atoms with Crippen molar-refractivity contribution >= 4 is 24.8 Å². The Bertz CT molecular complexity index is 1570. The Morgan fingerprint density at radius 1 is 0.448 bits per heavy atom. The summed E-state index contributed by atoms with van der Waals surface area (Å²) in [6.45, 7) is 23.1. The van der Waals surface area contributed by atoms with Crippen molar-refractivity contribution in [3.8, 4) is 23.0 Å². The van der Waals surface area contributed by atoms with Crippen molar-refractivity contribution < 1.29 is 29.2 Å². The van der Waals surface area contributed by atoms with Crippen LogP contribution in [0.15, 0.2) is 97.1 Å². The first-order valence-corrected chi connectivity index (χ1v) is 19.8. The van der Waals surface area contributed by atoms with Crippen molar-refractivity contribution in [1.29, 1.82) is 0 Å². The summed E-state index contributed by atoms with van der Waals surface area (Å²) < 4.78 is 21.9. The van der Waals surface area contributed by atoms with Gasteiger partial charge in [0, 0.05) is 24.2 Å². The molecule has 324 valence electrons. The molecule has 4 N–H and O–H groups in total. The van der Waals surface area contributed by atoms with Crippen molar-refractivity contribution in [3.05, 3.63) is 119 Å². The second-order valence-electron chi connectivity index (χ2n) is 18.1. The van der Waals surface area contributed by atoms with Crippen LogP contribution in [0.3, 0.4) is 0 Å². The largest absolute Gasteiger partial charge is 0.497 e. The summed E-state index contributed by atoms with van der Waals surface area (Å²) in [6.07, 6.45) is 0.576. The lowest BCUT2D eigenvalue weighted by molar-refractivity contribution is 0.0988. The third-order valence-corrected chi connectivity index (χ3v) is 9.57. The Morgan fingerprint density at radius 2 is 0.724 bits per heavy atom. The summed E-state index contributed by atoms with van der Waals surface area (Å²) in [7, 11) is 3.34. The first kappa shape index (κ1) is 52.5. The highest BCUT2D eigenvalue weighted by atomic mass is 35.5. The molecule has 10 heteroatoms. The molecule has 4 aromatic carbocycles. The van der Waals surface area contributed by atoms with E-state index in [4.69, 9.17) is 18.9 Å². The molecule has 0 aliphatic carbocycles. The highest BCUT2D eigenvalue weighted by Gasteiger charge is 2.21. The lowest BCUT2D eigenvalue weighted by Gasteiger charge is -2.28. The van der Waals surface area contributed by atoms with Crippen molar-refractivity contribution in [2.75, 3.05) is 40.5 Å². The smallest absolute Gasteiger partial charge is 0.119 e. The van der Waals surface area contributed by atoms with Crippen LogP contribution in [0.2, 0.25) is 0 Å². The summed E-state index contributed by atoms with van der Waals surface area (Å²) in [5.41, 5.74) is 4.96. The summed E-state index contributed by atoms with van der Waals surface area (Å²) in [5, 5.41) is 27.5. The number of hydrogen-bond donors (Lipinski definition) is 4. The number of benzene rings is 4. The molecule has 4 rings (SSSR count). The molecule has 4 aromatic rings. The minimum absolute atomic E-state index is 0. The Morgan fingerprint density at radius 3 is 0.983 bits per heavy atom. The van der Waals surface area contributed by atoms with Crippen LogP contribution in [-0.4, -0.2) is 74.0 Å². The van der Waals surface area contributed by atoms with Crippen molar-refractivity contribution in [2.24, 2.45) is 0 Å². The normalized spacial score (nSPS) is 12.8. The van der Waals surface area contributed by atoms with E-state index >= 15 is 0 Å². The van der Waals surface area contributed by atoms with Crippen molar-refractivity contribution in [2.45, 2.75) is 116 Å². The molecule has 58 heavy (non-hydrogen) atoms. The molecular formula is C48H72Cl2N2O6. The molecule has 8 nitrogen and oxygen atoms in total. The third-order valence-electron chi connectivity index (χ3n) is 9.57. The summed E-state index contributed by atoms with van der Waals surface area (Å²) in [5.74, 6) is 3.28. The molecule has 0 bridgehead atoms. The van der Waals surface area contributed by atoms with Crippen LogP contribution in [0.5, 0.6) is 23.0 Å². The molecular weight excluding hydrogens is 771 g/mol. The number of halogens is 2. The van der Waals surface area contributed by atoms with E-state index in [2.05, 4.69) is 128 Å². The fourth-order valence-electron chi connectivity index (χ4n) is 6.03. The number of β-amino-alcohol motifs (C(OH)–C–C–N with tert-alkyl or cyclic N) is 2. The van der Waals surface area contributed by atoms with E-state index in [1.165, 1.54) is 22.3 Å². The molecule has 0 heterocycles. The monoisotopic (exact) mass is 842 g/mol. The number of hydrogen-bond acceptors (Lipinski definition) is 8. The van der Waals surface area contributed by atoms with Gasteiger partial charge in [0.2, 0.25) is 0 Å². The van der Waals surface area contributed by atoms with Gasteiger partial charge in [0.25, 0.3) is 0 Å². The highest BCUT2D eigenvalue weighted by Crippen LogP contribution is 2.26. The number of methoxy groups -OCH3 is 2. The van der Waals surface area contributed by atoms with E-state index in [0.29, 0.717) is 13.1 Å². The maximum absolute atomic E-state index is 10.3. The molecule has 0 aromatic heterocycles. The second-order valence-corrected chi connectivity index (χ2v) is 18.1. The van der Waals surface area contributed by atoms with Crippen molar-refractivity contribution in [3.63, 3.8) is 0 Å². The fraction of sp³-hybridized carbons (Fsp3) is 0.500. The Kier molecular flexibility index (Phi) is 21.7. The third kappa shape index (κ3) is 19.5.